The SMILES string of the molecule is COC(=O)c1cc(C(F)F)nc(C#N)c1Br. The van der Waals surface area contributed by atoms with Gasteiger partial charge in [0, 0.05) is 0 Å². The molecule has 1 aromatic rings. The summed E-state index contributed by atoms with van der Waals surface area (Å²) in [5.41, 5.74) is -1.07. The Kier molecular flexibility index (Phi) is 3.90. The molecule has 0 fully saturated rings. The molecule has 16 heavy (non-hydrogen) atoms. The van der Waals surface area contributed by atoms with Crippen molar-refractivity contribution in [1.82, 2.24) is 4.98 Å². The molecular formula is C9H5BrF2N2O2. The predicted molar refractivity (Wildman–Crippen MR) is 52.9 cm³/mol. The molecule has 0 aliphatic rings. The van der Waals surface area contributed by atoms with Crippen molar-refractivity contribution in [3.05, 3.63) is 27.5 Å². The number of carbonyl (C=O) groups is 1. The number of ether oxygens (including phenoxy) is 1. The van der Waals surface area contributed by atoms with Crippen molar-refractivity contribution in [1.29, 1.82) is 5.26 Å². The van der Waals surface area contributed by atoms with Gasteiger partial charge >= 0.3 is 5.97 Å². The van der Waals surface area contributed by atoms with Crippen LogP contribution in [0.4, 0.5) is 8.78 Å². The lowest BCUT2D eigenvalue weighted by atomic mass is 10.2. The number of alkyl halides is 2. The number of nitrogens with zero attached hydrogens (tertiary/aromatic N) is 2. The first kappa shape index (κ1) is 12.5. The van der Waals surface area contributed by atoms with Crippen molar-refractivity contribution in [2.24, 2.45) is 0 Å². The van der Waals surface area contributed by atoms with Crippen LogP contribution in [0.15, 0.2) is 10.5 Å². The molecule has 0 aliphatic carbocycles. The molecule has 0 atom stereocenters. The van der Waals surface area contributed by atoms with Crippen LogP contribution in [0, 0.1) is 11.3 Å². The number of nitriles is 1. The van der Waals surface area contributed by atoms with E-state index in [1.807, 2.05) is 0 Å². The smallest absolute Gasteiger partial charge is 0.339 e. The van der Waals surface area contributed by atoms with Gasteiger partial charge < -0.3 is 4.74 Å². The van der Waals surface area contributed by atoms with E-state index in [2.05, 4.69) is 25.7 Å². The second kappa shape index (κ2) is 4.99. The fourth-order valence-corrected chi connectivity index (χ4v) is 1.45. The molecule has 7 heteroatoms. The molecule has 0 aromatic carbocycles. The summed E-state index contributed by atoms with van der Waals surface area (Å²) in [6.45, 7) is 0. The highest BCUT2D eigenvalue weighted by molar-refractivity contribution is 9.10. The van der Waals surface area contributed by atoms with Crippen LogP contribution < -0.4 is 0 Å². The number of aromatic nitrogens is 1. The first-order valence-corrected chi connectivity index (χ1v) is 4.77. The second-order valence-corrected chi connectivity index (χ2v) is 3.45. The monoisotopic (exact) mass is 290 g/mol. The highest BCUT2D eigenvalue weighted by Gasteiger charge is 2.20. The van der Waals surface area contributed by atoms with Gasteiger partial charge in [-0.2, -0.15) is 5.26 Å². The quantitative estimate of drug-likeness (QED) is 0.785. The summed E-state index contributed by atoms with van der Waals surface area (Å²) in [6.07, 6.45) is -2.86. The minimum atomic E-state index is -2.86. The van der Waals surface area contributed by atoms with Gasteiger partial charge in [0.2, 0.25) is 0 Å². The molecule has 0 radical (unpaired) electrons. The molecular weight excluding hydrogens is 286 g/mol. The Morgan fingerprint density at radius 2 is 2.31 bits per heavy atom. The van der Waals surface area contributed by atoms with Crippen molar-refractivity contribution < 1.29 is 18.3 Å². The van der Waals surface area contributed by atoms with Gasteiger partial charge in [0.15, 0.2) is 5.69 Å². The number of hydrogen-bond donors (Lipinski definition) is 0. The average Bonchev–Trinajstić information content (AvgIpc) is 2.28. The van der Waals surface area contributed by atoms with Crippen molar-refractivity contribution in [2.75, 3.05) is 7.11 Å². The fraction of sp³-hybridized carbons (Fsp3) is 0.222. The van der Waals surface area contributed by atoms with Crippen molar-refractivity contribution >= 4 is 21.9 Å². The Hall–Kier alpha value is -1.55. The Balaban J connectivity index is 3.43. The van der Waals surface area contributed by atoms with Crippen LogP contribution in [0.2, 0.25) is 0 Å². The molecule has 1 aromatic heterocycles. The number of carbonyl (C=O) groups excluding carboxylic acids is 1. The summed E-state index contributed by atoms with van der Waals surface area (Å²) in [7, 11) is 1.11. The minimum Gasteiger partial charge on any atom is -0.465 e. The summed E-state index contributed by atoms with van der Waals surface area (Å²) in [5.74, 6) is -0.812. The van der Waals surface area contributed by atoms with E-state index >= 15 is 0 Å². The highest BCUT2D eigenvalue weighted by Crippen LogP contribution is 2.26. The van der Waals surface area contributed by atoms with Gasteiger partial charge in [-0.25, -0.2) is 18.6 Å². The lowest BCUT2D eigenvalue weighted by molar-refractivity contribution is 0.0599. The summed E-state index contributed by atoms with van der Waals surface area (Å²) in [6, 6.07) is 2.50. The first-order valence-electron chi connectivity index (χ1n) is 3.98. The topological polar surface area (TPSA) is 63.0 Å². The summed E-state index contributed by atoms with van der Waals surface area (Å²) in [4.78, 5) is 14.6. The molecule has 0 bridgehead atoms. The fourth-order valence-electron chi connectivity index (χ4n) is 0.994. The molecule has 0 unspecified atom stereocenters. The first-order chi connectivity index (χ1) is 7.51. The number of pyridine rings is 1. The maximum absolute atomic E-state index is 12.4. The van der Waals surface area contributed by atoms with Gasteiger partial charge in [-0.3, -0.25) is 0 Å². The molecule has 1 heterocycles. The molecule has 0 spiro atoms. The van der Waals surface area contributed by atoms with Gasteiger partial charge in [0.25, 0.3) is 6.43 Å². The molecule has 4 nitrogen and oxygen atoms in total. The summed E-state index contributed by atoms with van der Waals surface area (Å²) < 4.78 is 29.3. The summed E-state index contributed by atoms with van der Waals surface area (Å²) in [5, 5.41) is 8.66. The van der Waals surface area contributed by atoms with Crippen LogP contribution in [0.1, 0.15) is 28.2 Å². The van der Waals surface area contributed by atoms with Crippen molar-refractivity contribution in [3.63, 3.8) is 0 Å². The van der Waals surface area contributed by atoms with E-state index < -0.39 is 18.1 Å². The normalized spacial score (nSPS) is 10.0. The second-order valence-electron chi connectivity index (χ2n) is 2.66. The van der Waals surface area contributed by atoms with E-state index in [1.165, 1.54) is 0 Å². The maximum atomic E-state index is 12.4. The maximum Gasteiger partial charge on any atom is 0.339 e. The van der Waals surface area contributed by atoms with E-state index in [-0.39, 0.29) is 15.7 Å². The zero-order chi connectivity index (χ0) is 12.3. The molecule has 84 valence electrons. The minimum absolute atomic E-state index is 0.0475. The van der Waals surface area contributed by atoms with Crippen LogP contribution in [0.3, 0.4) is 0 Å². The van der Waals surface area contributed by atoms with E-state index in [0.29, 0.717) is 0 Å². The predicted octanol–water partition coefficient (Wildman–Crippen LogP) is 2.44. The molecule has 0 amide bonds. The van der Waals surface area contributed by atoms with Crippen LogP contribution in [0.5, 0.6) is 0 Å². The van der Waals surface area contributed by atoms with Gasteiger partial charge in [-0.1, -0.05) is 0 Å². The van der Waals surface area contributed by atoms with Crippen LogP contribution in [-0.4, -0.2) is 18.1 Å². The van der Waals surface area contributed by atoms with E-state index in [4.69, 9.17) is 5.26 Å². The van der Waals surface area contributed by atoms with Gasteiger partial charge in [0.05, 0.1) is 17.1 Å². The largest absolute Gasteiger partial charge is 0.465 e. The Bertz CT molecular complexity index is 471. The van der Waals surface area contributed by atoms with E-state index in [9.17, 15) is 13.6 Å². The number of methoxy groups -OCH3 is 1. The lowest BCUT2D eigenvalue weighted by Gasteiger charge is -2.06. The average molecular weight is 291 g/mol. The van der Waals surface area contributed by atoms with Crippen LogP contribution >= 0.6 is 15.9 Å². The molecule has 0 N–H and O–H groups in total. The lowest BCUT2D eigenvalue weighted by Crippen LogP contribution is -2.07. The third-order valence-corrected chi connectivity index (χ3v) is 2.52. The van der Waals surface area contributed by atoms with Crippen LogP contribution in [0.25, 0.3) is 0 Å². The van der Waals surface area contributed by atoms with Gasteiger partial charge in [-0.05, 0) is 22.0 Å². The standard InChI is InChI=1S/C9H5BrF2N2O2/c1-16-9(15)4-2-5(8(11)12)14-6(3-13)7(4)10/h2,8H,1H3. The van der Waals surface area contributed by atoms with Crippen molar-refractivity contribution in [3.8, 4) is 6.07 Å². The Morgan fingerprint density at radius 3 is 2.75 bits per heavy atom. The molecule has 0 saturated heterocycles. The zero-order valence-corrected chi connectivity index (χ0v) is 9.59. The number of esters is 1. The molecule has 1 rings (SSSR count). The van der Waals surface area contributed by atoms with Gasteiger partial charge in [0.1, 0.15) is 11.8 Å². The van der Waals surface area contributed by atoms with E-state index in [0.717, 1.165) is 13.2 Å². The third kappa shape index (κ3) is 2.33. The number of halogens is 3. The summed E-state index contributed by atoms with van der Waals surface area (Å²) >= 11 is 2.94. The van der Waals surface area contributed by atoms with Crippen LogP contribution in [-0.2, 0) is 4.74 Å². The zero-order valence-electron chi connectivity index (χ0n) is 8.00. The molecule has 0 saturated carbocycles. The highest BCUT2D eigenvalue weighted by atomic mass is 79.9. The third-order valence-electron chi connectivity index (χ3n) is 1.71. The molecule has 0 aliphatic heterocycles. The Labute approximate surface area is 98.0 Å². The van der Waals surface area contributed by atoms with Gasteiger partial charge in [-0.15, -0.1) is 0 Å². The Morgan fingerprint density at radius 1 is 1.69 bits per heavy atom. The van der Waals surface area contributed by atoms with E-state index in [1.54, 1.807) is 6.07 Å². The number of hydrogen-bond acceptors (Lipinski definition) is 4. The van der Waals surface area contributed by atoms with Crippen molar-refractivity contribution in [2.45, 2.75) is 6.43 Å². The number of rotatable bonds is 2.